The van der Waals surface area contributed by atoms with Gasteiger partial charge in [0, 0.05) is 13.5 Å². The van der Waals surface area contributed by atoms with Gasteiger partial charge in [-0.2, -0.15) is 0 Å². The highest BCUT2D eigenvalue weighted by Gasteiger charge is 2.21. The van der Waals surface area contributed by atoms with Crippen molar-refractivity contribution in [3.05, 3.63) is 35.4 Å². The minimum atomic E-state index is -0.936. The van der Waals surface area contributed by atoms with E-state index in [4.69, 9.17) is 4.74 Å². The number of rotatable bonds is 5. The van der Waals surface area contributed by atoms with Gasteiger partial charge in [-0.25, -0.2) is 8.78 Å². The van der Waals surface area contributed by atoms with Crippen molar-refractivity contribution >= 4 is 5.78 Å². The Balaban J connectivity index is 2.77. The number of hydrogen-bond acceptors (Lipinski definition) is 2. The Labute approximate surface area is 99.6 Å². The molecule has 0 aromatic heterocycles. The molecule has 0 fully saturated rings. The monoisotopic (exact) mass is 242 g/mol. The molecule has 1 unspecified atom stereocenters. The molecular formula is C13H16F2O2. The first kappa shape index (κ1) is 13.8. The maximum atomic E-state index is 13.0. The molecule has 0 saturated carbocycles. The number of methoxy groups -OCH3 is 1. The number of hydrogen-bond donors (Lipinski definition) is 0. The SMILES string of the molecule is COC(C(=O)Cc1ccc(F)c(F)c1)C(C)C. The Hall–Kier alpha value is -1.29. The van der Waals surface area contributed by atoms with Gasteiger partial charge in [0.15, 0.2) is 17.4 Å². The fraction of sp³-hybridized carbons (Fsp3) is 0.462. The molecular weight excluding hydrogens is 226 g/mol. The van der Waals surface area contributed by atoms with Gasteiger partial charge in [-0.1, -0.05) is 19.9 Å². The van der Waals surface area contributed by atoms with E-state index in [1.807, 2.05) is 13.8 Å². The summed E-state index contributed by atoms with van der Waals surface area (Å²) in [6.07, 6.45) is -0.462. The highest BCUT2D eigenvalue weighted by atomic mass is 19.2. The van der Waals surface area contributed by atoms with Crippen molar-refractivity contribution in [2.24, 2.45) is 5.92 Å². The van der Waals surface area contributed by atoms with E-state index in [0.717, 1.165) is 12.1 Å². The van der Waals surface area contributed by atoms with Gasteiger partial charge in [0.1, 0.15) is 6.10 Å². The molecule has 1 rings (SSSR count). The molecule has 0 heterocycles. The van der Waals surface area contributed by atoms with E-state index in [9.17, 15) is 13.6 Å². The molecule has 0 bridgehead atoms. The average molecular weight is 242 g/mol. The first-order valence-corrected chi connectivity index (χ1v) is 5.45. The number of carbonyl (C=O) groups is 1. The third-order valence-electron chi connectivity index (χ3n) is 2.54. The summed E-state index contributed by atoms with van der Waals surface area (Å²) in [5.41, 5.74) is 0.455. The van der Waals surface area contributed by atoms with Gasteiger partial charge in [-0.3, -0.25) is 4.79 Å². The standard InChI is InChI=1S/C13H16F2O2/c1-8(2)13(17-3)12(16)7-9-4-5-10(14)11(15)6-9/h4-6,8,13H,7H2,1-3H3. The zero-order chi connectivity index (χ0) is 13.0. The predicted octanol–water partition coefficient (Wildman–Crippen LogP) is 2.75. The van der Waals surface area contributed by atoms with Crippen molar-refractivity contribution in [3.63, 3.8) is 0 Å². The smallest absolute Gasteiger partial charge is 0.166 e. The number of benzene rings is 1. The van der Waals surface area contributed by atoms with E-state index in [0.29, 0.717) is 5.56 Å². The highest BCUT2D eigenvalue weighted by Crippen LogP contribution is 2.13. The maximum Gasteiger partial charge on any atom is 0.166 e. The fourth-order valence-corrected chi connectivity index (χ4v) is 1.73. The van der Waals surface area contributed by atoms with Crippen LogP contribution in [0, 0.1) is 17.6 Å². The molecule has 0 aliphatic heterocycles. The molecule has 2 nitrogen and oxygen atoms in total. The van der Waals surface area contributed by atoms with Crippen LogP contribution in [0.5, 0.6) is 0 Å². The summed E-state index contributed by atoms with van der Waals surface area (Å²) < 4.78 is 30.7. The van der Waals surface area contributed by atoms with Gasteiger partial charge >= 0.3 is 0 Å². The molecule has 0 amide bonds. The lowest BCUT2D eigenvalue weighted by atomic mass is 9.98. The summed E-state index contributed by atoms with van der Waals surface area (Å²) in [5, 5.41) is 0. The largest absolute Gasteiger partial charge is 0.373 e. The van der Waals surface area contributed by atoms with Gasteiger partial charge in [0.05, 0.1) is 0 Å². The normalized spacial score (nSPS) is 12.8. The maximum absolute atomic E-state index is 13.0. The first-order valence-electron chi connectivity index (χ1n) is 5.45. The quantitative estimate of drug-likeness (QED) is 0.793. The van der Waals surface area contributed by atoms with Gasteiger partial charge in [-0.15, -0.1) is 0 Å². The third-order valence-corrected chi connectivity index (χ3v) is 2.54. The van der Waals surface area contributed by atoms with E-state index >= 15 is 0 Å². The second kappa shape index (κ2) is 5.87. The van der Waals surface area contributed by atoms with Crippen molar-refractivity contribution in [2.75, 3.05) is 7.11 Å². The molecule has 0 aliphatic rings. The Morgan fingerprint density at radius 3 is 2.41 bits per heavy atom. The molecule has 0 saturated heterocycles. The zero-order valence-electron chi connectivity index (χ0n) is 10.2. The highest BCUT2D eigenvalue weighted by molar-refractivity contribution is 5.85. The lowest BCUT2D eigenvalue weighted by Gasteiger charge is -2.17. The zero-order valence-corrected chi connectivity index (χ0v) is 10.2. The van der Waals surface area contributed by atoms with Crippen LogP contribution in [0.2, 0.25) is 0 Å². The summed E-state index contributed by atoms with van der Waals surface area (Å²) in [5.74, 6) is -1.92. The van der Waals surface area contributed by atoms with Crippen LogP contribution in [0.3, 0.4) is 0 Å². The summed E-state index contributed by atoms with van der Waals surface area (Å²) in [6, 6.07) is 3.47. The van der Waals surface area contributed by atoms with E-state index in [-0.39, 0.29) is 18.1 Å². The van der Waals surface area contributed by atoms with Crippen molar-refractivity contribution in [2.45, 2.75) is 26.4 Å². The summed E-state index contributed by atoms with van der Waals surface area (Å²) in [6.45, 7) is 3.74. The van der Waals surface area contributed by atoms with Gasteiger partial charge < -0.3 is 4.74 Å². The van der Waals surface area contributed by atoms with Gasteiger partial charge in [0.2, 0.25) is 0 Å². The Kier molecular flexibility index (Phi) is 4.75. The lowest BCUT2D eigenvalue weighted by molar-refractivity contribution is -0.130. The molecule has 0 N–H and O–H groups in total. The van der Waals surface area contributed by atoms with Crippen LogP contribution in [0.1, 0.15) is 19.4 Å². The van der Waals surface area contributed by atoms with Gasteiger partial charge in [0.25, 0.3) is 0 Å². The number of halogens is 2. The Morgan fingerprint density at radius 1 is 1.29 bits per heavy atom. The minimum absolute atomic E-state index is 0.0495. The van der Waals surface area contributed by atoms with Crippen LogP contribution in [0.15, 0.2) is 18.2 Å². The van der Waals surface area contributed by atoms with Crippen molar-refractivity contribution in [3.8, 4) is 0 Å². The van der Waals surface area contributed by atoms with Gasteiger partial charge in [-0.05, 0) is 23.6 Å². The van der Waals surface area contributed by atoms with E-state index < -0.39 is 17.7 Å². The lowest BCUT2D eigenvalue weighted by Crippen LogP contribution is -2.29. The van der Waals surface area contributed by atoms with E-state index in [1.54, 1.807) is 0 Å². The summed E-state index contributed by atoms with van der Waals surface area (Å²) in [7, 11) is 1.47. The number of Topliss-reactive ketones (excluding diaryl/α,β-unsaturated/α-hetero) is 1. The van der Waals surface area contributed by atoms with Crippen LogP contribution >= 0.6 is 0 Å². The van der Waals surface area contributed by atoms with Crippen LogP contribution in [0.4, 0.5) is 8.78 Å². The molecule has 1 aromatic rings. The van der Waals surface area contributed by atoms with Crippen LogP contribution in [-0.4, -0.2) is 19.0 Å². The molecule has 0 radical (unpaired) electrons. The Morgan fingerprint density at radius 2 is 1.94 bits per heavy atom. The van der Waals surface area contributed by atoms with Crippen LogP contribution in [-0.2, 0) is 16.0 Å². The predicted molar refractivity (Wildman–Crippen MR) is 60.7 cm³/mol. The number of ketones is 1. The van der Waals surface area contributed by atoms with Crippen LogP contribution in [0.25, 0.3) is 0 Å². The second-order valence-corrected chi connectivity index (χ2v) is 4.29. The molecule has 1 atom stereocenters. The van der Waals surface area contributed by atoms with Crippen molar-refractivity contribution in [1.29, 1.82) is 0 Å². The number of ether oxygens (including phenoxy) is 1. The molecule has 0 aliphatic carbocycles. The molecule has 17 heavy (non-hydrogen) atoms. The van der Waals surface area contributed by atoms with Crippen molar-refractivity contribution in [1.82, 2.24) is 0 Å². The second-order valence-electron chi connectivity index (χ2n) is 4.29. The van der Waals surface area contributed by atoms with E-state index in [2.05, 4.69) is 0 Å². The summed E-state index contributed by atoms with van der Waals surface area (Å²) in [4.78, 5) is 11.8. The van der Waals surface area contributed by atoms with Crippen LogP contribution < -0.4 is 0 Å². The fourth-order valence-electron chi connectivity index (χ4n) is 1.73. The van der Waals surface area contributed by atoms with E-state index in [1.165, 1.54) is 13.2 Å². The third kappa shape index (κ3) is 3.60. The average Bonchev–Trinajstić information content (AvgIpc) is 2.24. The molecule has 4 heteroatoms. The first-order chi connectivity index (χ1) is 7.95. The summed E-state index contributed by atoms with van der Waals surface area (Å²) >= 11 is 0. The topological polar surface area (TPSA) is 26.3 Å². The number of carbonyl (C=O) groups excluding carboxylic acids is 1. The molecule has 94 valence electrons. The molecule has 1 aromatic carbocycles. The molecule has 0 spiro atoms. The van der Waals surface area contributed by atoms with Crippen molar-refractivity contribution < 1.29 is 18.3 Å². The minimum Gasteiger partial charge on any atom is -0.373 e. The Bertz CT molecular complexity index is 402.